The second-order valence-corrected chi connectivity index (χ2v) is 2.77. The van der Waals surface area contributed by atoms with Gasteiger partial charge in [-0.3, -0.25) is 4.79 Å². The first-order valence-electron chi connectivity index (χ1n) is 3.66. The molecule has 0 saturated carbocycles. The highest BCUT2D eigenvalue weighted by Crippen LogP contribution is 2.06. The lowest BCUT2D eigenvalue weighted by atomic mass is 10.0. The van der Waals surface area contributed by atoms with Crippen LogP contribution in [0.4, 0.5) is 0 Å². The van der Waals surface area contributed by atoms with Crippen molar-refractivity contribution in [1.29, 1.82) is 0 Å². The van der Waals surface area contributed by atoms with E-state index in [1.54, 1.807) is 0 Å². The van der Waals surface area contributed by atoms with Crippen molar-refractivity contribution in [2.75, 3.05) is 6.54 Å². The Balaban J connectivity index is 2.30. The fourth-order valence-electron chi connectivity index (χ4n) is 1.21. The summed E-state index contributed by atoms with van der Waals surface area (Å²) in [4.78, 5) is 10.6. The third-order valence-electron chi connectivity index (χ3n) is 1.94. The van der Waals surface area contributed by atoms with Crippen molar-refractivity contribution in [3.63, 3.8) is 0 Å². The van der Waals surface area contributed by atoms with Gasteiger partial charge in [-0.05, 0) is 12.8 Å². The Morgan fingerprint density at radius 3 is 2.73 bits per heavy atom. The largest absolute Gasteiger partial charge is 0.368 e. The van der Waals surface area contributed by atoms with E-state index in [0.717, 1.165) is 6.42 Å². The van der Waals surface area contributed by atoms with E-state index >= 15 is 0 Å². The Hall–Kier alpha value is -0.650. The molecule has 0 aromatic carbocycles. The first kappa shape index (κ1) is 8.45. The number of carbonyl (C=O) groups excluding carboxylic acids is 1. The molecule has 0 unspecified atom stereocenters. The van der Waals surface area contributed by atoms with E-state index in [1.807, 2.05) is 0 Å². The molecule has 1 aliphatic heterocycles. The fourth-order valence-corrected chi connectivity index (χ4v) is 1.21. The smallest absolute Gasteiger partial charge is 0.234 e. The lowest BCUT2D eigenvalue weighted by Gasteiger charge is -2.26. The Morgan fingerprint density at radius 2 is 2.36 bits per heavy atom. The zero-order valence-electron chi connectivity index (χ0n) is 6.21. The van der Waals surface area contributed by atoms with E-state index in [1.165, 1.54) is 0 Å². The van der Waals surface area contributed by atoms with Crippen molar-refractivity contribution in [1.82, 2.24) is 10.8 Å². The van der Waals surface area contributed by atoms with Gasteiger partial charge in [0.1, 0.15) is 0 Å². The molecular weight excluding hydrogens is 146 g/mol. The third kappa shape index (κ3) is 2.14. The van der Waals surface area contributed by atoms with Crippen LogP contribution in [-0.4, -0.2) is 29.7 Å². The van der Waals surface area contributed by atoms with E-state index in [4.69, 9.17) is 10.9 Å². The van der Waals surface area contributed by atoms with Crippen molar-refractivity contribution in [2.45, 2.75) is 24.9 Å². The lowest BCUT2D eigenvalue weighted by Crippen LogP contribution is -2.51. The quantitative estimate of drug-likeness (QED) is 0.372. The Kier molecular flexibility index (Phi) is 2.81. The lowest BCUT2D eigenvalue weighted by molar-refractivity contribution is -0.120. The van der Waals surface area contributed by atoms with Crippen LogP contribution >= 0.6 is 0 Å². The predicted molar refractivity (Wildman–Crippen MR) is 38.9 cm³/mol. The Morgan fingerprint density at radius 1 is 1.64 bits per heavy atom. The Labute approximate surface area is 64.9 Å². The highest BCUT2D eigenvalue weighted by atomic mass is 16.5. The average Bonchev–Trinajstić information content (AvgIpc) is 2.05. The van der Waals surface area contributed by atoms with Gasteiger partial charge in [0.15, 0.2) is 0 Å². The van der Waals surface area contributed by atoms with Gasteiger partial charge in [-0.2, -0.15) is 0 Å². The van der Waals surface area contributed by atoms with Crippen LogP contribution in [0.3, 0.4) is 0 Å². The molecule has 5 heteroatoms. The van der Waals surface area contributed by atoms with Crippen LogP contribution in [0, 0.1) is 0 Å². The second kappa shape index (κ2) is 3.66. The van der Waals surface area contributed by atoms with Gasteiger partial charge in [-0.1, -0.05) is 0 Å². The monoisotopic (exact) mass is 159 g/mol. The number of amides is 1. The van der Waals surface area contributed by atoms with Gasteiger partial charge in [-0.25, -0.2) is 5.48 Å². The molecule has 0 aromatic heterocycles. The van der Waals surface area contributed by atoms with Crippen molar-refractivity contribution in [3.8, 4) is 0 Å². The fraction of sp³-hybridized carbons (Fsp3) is 0.833. The third-order valence-corrected chi connectivity index (χ3v) is 1.94. The maximum Gasteiger partial charge on any atom is 0.234 e. The minimum absolute atomic E-state index is 0.0469. The van der Waals surface area contributed by atoms with Crippen LogP contribution in [0.2, 0.25) is 0 Å². The molecule has 0 spiro atoms. The number of nitrogens with two attached hydrogens (primary N) is 1. The number of hydroxylamine groups is 1. The minimum atomic E-state index is -0.318. The number of primary amides is 1. The second-order valence-electron chi connectivity index (χ2n) is 2.77. The molecule has 5 N–H and O–H groups in total. The highest BCUT2D eigenvalue weighted by Gasteiger charge is 2.22. The SMILES string of the molecule is NC(=O)[C@@H]1CC[C@@H](NO)CN1. The van der Waals surface area contributed by atoms with E-state index in [9.17, 15) is 4.79 Å². The number of rotatable bonds is 2. The van der Waals surface area contributed by atoms with Gasteiger partial charge in [0, 0.05) is 12.6 Å². The van der Waals surface area contributed by atoms with Crippen LogP contribution in [0.15, 0.2) is 0 Å². The molecule has 0 aliphatic carbocycles. The van der Waals surface area contributed by atoms with Crippen molar-refractivity contribution in [3.05, 3.63) is 0 Å². The van der Waals surface area contributed by atoms with Gasteiger partial charge < -0.3 is 16.3 Å². The highest BCUT2D eigenvalue weighted by molar-refractivity contribution is 5.79. The topological polar surface area (TPSA) is 87.4 Å². The molecule has 64 valence electrons. The molecule has 1 fully saturated rings. The van der Waals surface area contributed by atoms with E-state index < -0.39 is 0 Å². The van der Waals surface area contributed by atoms with Crippen molar-refractivity contribution >= 4 is 5.91 Å². The molecule has 5 nitrogen and oxygen atoms in total. The van der Waals surface area contributed by atoms with E-state index in [-0.39, 0.29) is 18.0 Å². The van der Waals surface area contributed by atoms with Gasteiger partial charge >= 0.3 is 0 Å². The molecule has 0 radical (unpaired) electrons. The summed E-state index contributed by atoms with van der Waals surface area (Å²) in [5, 5.41) is 11.4. The average molecular weight is 159 g/mol. The summed E-state index contributed by atoms with van der Waals surface area (Å²) < 4.78 is 0. The van der Waals surface area contributed by atoms with Gasteiger partial charge in [0.05, 0.1) is 6.04 Å². The van der Waals surface area contributed by atoms with Gasteiger partial charge in [0.2, 0.25) is 5.91 Å². The number of hydrogen-bond donors (Lipinski definition) is 4. The molecular formula is C6H13N3O2. The summed E-state index contributed by atoms with van der Waals surface area (Å²) in [7, 11) is 0. The molecule has 0 bridgehead atoms. The predicted octanol–water partition coefficient (Wildman–Crippen LogP) is -1.43. The minimum Gasteiger partial charge on any atom is -0.368 e. The van der Waals surface area contributed by atoms with Crippen molar-refractivity contribution < 1.29 is 10.0 Å². The number of piperidine rings is 1. The molecule has 1 saturated heterocycles. The zero-order valence-corrected chi connectivity index (χ0v) is 6.21. The van der Waals surface area contributed by atoms with Crippen LogP contribution in [0.5, 0.6) is 0 Å². The number of nitrogens with one attached hydrogen (secondary N) is 2. The maximum atomic E-state index is 10.6. The summed E-state index contributed by atoms with van der Waals surface area (Å²) in [6.45, 7) is 0.587. The normalized spacial score (nSPS) is 31.7. The summed E-state index contributed by atoms with van der Waals surface area (Å²) in [5.41, 5.74) is 7.22. The molecule has 1 rings (SSSR count). The van der Waals surface area contributed by atoms with Gasteiger partial charge in [0.25, 0.3) is 0 Å². The maximum absolute atomic E-state index is 10.6. The molecule has 1 heterocycles. The number of carbonyl (C=O) groups is 1. The Bertz CT molecular complexity index is 143. The van der Waals surface area contributed by atoms with E-state index in [2.05, 4.69) is 10.8 Å². The van der Waals surface area contributed by atoms with Crippen LogP contribution in [0.1, 0.15) is 12.8 Å². The summed E-state index contributed by atoms with van der Waals surface area (Å²) in [5.74, 6) is -0.318. The molecule has 1 amide bonds. The molecule has 11 heavy (non-hydrogen) atoms. The van der Waals surface area contributed by atoms with Crippen LogP contribution < -0.4 is 16.5 Å². The zero-order chi connectivity index (χ0) is 8.27. The first-order valence-corrected chi connectivity index (χ1v) is 3.66. The molecule has 1 aliphatic rings. The van der Waals surface area contributed by atoms with Crippen molar-refractivity contribution in [2.24, 2.45) is 5.73 Å². The van der Waals surface area contributed by atoms with Crippen LogP contribution in [-0.2, 0) is 4.79 Å². The standard InChI is InChI=1S/C6H13N3O2/c7-6(10)5-2-1-4(9-11)3-8-5/h4-5,8-9,11H,1-3H2,(H2,7,10)/t4-,5+/m1/s1. The summed E-state index contributed by atoms with van der Waals surface area (Å²) >= 11 is 0. The summed E-state index contributed by atoms with van der Waals surface area (Å²) in [6.07, 6.45) is 1.46. The number of hydrogen-bond acceptors (Lipinski definition) is 4. The first-order chi connectivity index (χ1) is 5.24. The summed E-state index contributed by atoms with van der Waals surface area (Å²) in [6, 6.07) is -0.176. The molecule has 2 atom stereocenters. The van der Waals surface area contributed by atoms with Crippen LogP contribution in [0.25, 0.3) is 0 Å². The van der Waals surface area contributed by atoms with E-state index in [0.29, 0.717) is 13.0 Å². The molecule has 0 aromatic rings. The van der Waals surface area contributed by atoms with Gasteiger partial charge in [-0.15, -0.1) is 0 Å².